The number of carbonyl (C=O) groups excluding carboxylic acids is 1. The lowest BCUT2D eigenvalue weighted by atomic mass is 10.1. The number of aryl methyl sites for hydroxylation is 1. The third-order valence-electron chi connectivity index (χ3n) is 4.77. The summed E-state index contributed by atoms with van der Waals surface area (Å²) in [7, 11) is 3.70. The van der Waals surface area contributed by atoms with Gasteiger partial charge in [0.1, 0.15) is 0 Å². The van der Waals surface area contributed by atoms with Crippen LogP contribution in [0.25, 0.3) is 0 Å². The predicted molar refractivity (Wildman–Crippen MR) is 97.9 cm³/mol. The van der Waals surface area contributed by atoms with Crippen molar-refractivity contribution < 1.29 is 4.79 Å². The molecule has 1 saturated heterocycles. The Hall–Kier alpha value is -2.34. The first-order valence-electron chi connectivity index (χ1n) is 8.76. The zero-order valence-electron chi connectivity index (χ0n) is 15.2. The molecule has 0 spiro atoms. The molecule has 0 bridgehead atoms. The van der Waals surface area contributed by atoms with E-state index < -0.39 is 0 Å². The fourth-order valence-electron chi connectivity index (χ4n) is 3.39. The molecule has 6 nitrogen and oxygen atoms in total. The molecule has 0 saturated carbocycles. The van der Waals surface area contributed by atoms with Gasteiger partial charge in [-0.3, -0.25) is 9.58 Å². The van der Waals surface area contributed by atoms with Crippen molar-refractivity contribution in [3.8, 4) is 0 Å². The zero-order chi connectivity index (χ0) is 17.8. The second-order valence-electron chi connectivity index (χ2n) is 7.09. The molecule has 1 fully saturated rings. The lowest BCUT2D eigenvalue weighted by Gasteiger charge is -2.22. The highest BCUT2D eigenvalue weighted by Gasteiger charge is 2.31. The van der Waals surface area contributed by atoms with Crippen LogP contribution in [0.4, 0.5) is 4.79 Å². The number of hydrogen-bond donors (Lipinski definition) is 1. The van der Waals surface area contributed by atoms with Crippen LogP contribution in [0.5, 0.6) is 0 Å². The van der Waals surface area contributed by atoms with Crippen molar-refractivity contribution in [1.82, 2.24) is 24.9 Å². The van der Waals surface area contributed by atoms with E-state index >= 15 is 0 Å². The van der Waals surface area contributed by atoms with Gasteiger partial charge in [-0.1, -0.05) is 37.3 Å². The first kappa shape index (κ1) is 17.5. The summed E-state index contributed by atoms with van der Waals surface area (Å²) < 4.78 is 1.75. The minimum atomic E-state index is -0.0257. The topological polar surface area (TPSA) is 53.4 Å². The second-order valence-corrected chi connectivity index (χ2v) is 7.09. The van der Waals surface area contributed by atoms with Crippen molar-refractivity contribution in [1.29, 1.82) is 0 Å². The molecule has 3 rings (SSSR count). The SMILES string of the molecule is C[C@@H]1CN(Cc2ccccc2)C[C@H]1NC(=O)N(C)Cc1cnn(C)c1. The molecule has 1 aromatic heterocycles. The summed E-state index contributed by atoms with van der Waals surface area (Å²) in [6.45, 7) is 5.60. The Morgan fingerprint density at radius 2 is 2.04 bits per heavy atom. The van der Waals surface area contributed by atoms with Gasteiger partial charge in [-0.2, -0.15) is 5.10 Å². The van der Waals surface area contributed by atoms with Gasteiger partial charge in [-0.25, -0.2) is 4.79 Å². The normalized spacial score (nSPS) is 20.6. The quantitative estimate of drug-likeness (QED) is 0.906. The molecule has 1 aromatic carbocycles. The van der Waals surface area contributed by atoms with Crippen molar-refractivity contribution in [2.75, 3.05) is 20.1 Å². The Balaban J connectivity index is 1.50. The van der Waals surface area contributed by atoms with Crippen LogP contribution in [0.3, 0.4) is 0 Å². The molecule has 25 heavy (non-hydrogen) atoms. The van der Waals surface area contributed by atoms with E-state index in [2.05, 4.69) is 46.5 Å². The Bertz CT molecular complexity index is 699. The van der Waals surface area contributed by atoms with Crippen molar-refractivity contribution in [2.45, 2.75) is 26.1 Å². The van der Waals surface area contributed by atoms with Gasteiger partial charge in [-0.15, -0.1) is 0 Å². The molecule has 1 N–H and O–H groups in total. The number of rotatable bonds is 5. The van der Waals surface area contributed by atoms with E-state index in [0.29, 0.717) is 12.5 Å². The number of carbonyl (C=O) groups is 1. The van der Waals surface area contributed by atoms with Crippen LogP contribution in [0.15, 0.2) is 42.7 Å². The first-order chi connectivity index (χ1) is 12.0. The molecular weight excluding hydrogens is 314 g/mol. The van der Waals surface area contributed by atoms with Crippen LogP contribution in [0, 0.1) is 5.92 Å². The minimum Gasteiger partial charge on any atom is -0.334 e. The number of nitrogens with one attached hydrogen (secondary N) is 1. The van der Waals surface area contributed by atoms with Gasteiger partial charge >= 0.3 is 6.03 Å². The maximum Gasteiger partial charge on any atom is 0.317 e. The number of amides is 2. The maximum atomic E-state index is 12.5. The van der Waals surface area contributed by atoms with E-state index in [-0.39, 0.29) is 12.1 Å². The first-order valence-corrected chi connectivity index (χ1v) is 8.76. The van der Waals surface area contributed by atoms with Crippen LogP contribution in [-0.4, -0.2) is 51.8 Å². The highest BCUT2D eigenvalue weighted by atomic mass is 16.2. The minimum absolute atomic E-state index is 0.0257. The van der Waals surface area contributed by atoms with Crippen molar-refractivity contribution in [3.63, 3.8) is 0 Å². The summed E-state index contributed by atoms with van der Waals surface area (Å²) in [5.74, 6) is 0.444. The third-order valence-corrected chi connectivity index (χ3v) is 4.77. The highest BCUT2D eigenvalue weighted by Crippen LogP contribution is 2.19. The molecular formula is C19H27N5O. The van der Waals surface area contributed by atoms with Crippen LogP contribution >= 0.6 is 0 Å². The Morgan fingerprint density at radius 1 is 1.28 bits per heavy atom. The molecule has 0 unspecified atom stereocenters. The lowest BCUT2D eigenvalue weighted by Crippen LogP contribution is -2.45. The van der Waals surface area contributed by atoms with Crippen LogP contribution in [-0.2, 0) is 20.1 Å². The van der Waals surface area contributed by atoms with Crippen LogP contribution in [0.2, 0.25) is 0 Å². The molecule has 1 aliphatic heterocycles. The standard InChI is InChI=1S/C19H27N5O/c1-15-10-24(13-16-7-5-4-6-8-16)14-18(15)21-19(25)22(2)11-17-9-20-23(3)12-17/h4-9,12,15,18H,10-11,13-14H2,1-3H3,(H,21,25)/t15-,18-/m1/s1. The van der Waals surface area contributed by atoms with E-state index in [4.69, 9.17) is 0 Å². The van der Waals surface area contributed by atoms with Gasteiger partial charge < -0.3 is 10.2 Å². The summed E-state index contributed by atoms with van der Waals surface area (Å²) in [5, 5.41) is 7.34. The largest absolute Gasteiger partial charge is 0.334 e. The number of likely N-dealkylation sites (tertiary alicyclic amines) is 1. The average molecular weight is 341 g/mol. The summed E-state index contributed by atoms with van der Waals surface area (Å²) in [5.41, 5.74) is 2.35. The van der Waals surface area contributed by atoms with Crippen molar-refractivity contribution in [3.05, 3.63) is 53.9 Å². The molecule has 0 aliphatic carbocycles. The van der Waals surface area contributed by atoms with Crippen molar-refractivity contribution in [2.24, 2.45) is 13.0 Å². The fourth-order valence-corrected chi connectivity index (χ4v) is 3.39. The fraction of sp³-hybridized carbons (Fsp3) is 0.474. The smallest absolute Gasteiger partial charge is 0.317 e. The third kappa shape index (κ3) is 4.60. The number of nitrogens with zero attached hydrogens (tertiary/aromatic N) is 4. The number of aromatic nitrogens is 2. The summed E-state index contributed by atoms with van der Waals surface area (Å²) >= 11 is 0. The van der Waals surface area contributed by atoms with Crippen LogP contribution in [0.1, 0.15) is 18.1 Å². The molecule has 2 heterocycles. The number of hydrogen-bond acceptors (Lipinski definition) is 3. The Labute approximate surface area is 149 Å². The summed E-state index contributed by atoms with van der Waals surface area (Å²) in [4.78, 5) is 16.6. The van der Waals surface area contributed by atoms with Gasteiger partial charge in [0.2, 0.25) is 0 Å². The highest BCUT2D eigenvalue weighted by molar-refractivity contribution is 5.74. The predicted octanol–water partition coefficient (Wildman–Crippen LogP) is 2.08. The molecule has 134 valence electrons. The van der Waals surface area contributed by atoms with E-state index in [1.807, 2.05) is 26.4 Å². The number of benzene rings is 1. The van der Waals surface area contributed by atoms with Gasteiger partial charge in [0.05, 0.1) is 12.7 Å². The molecule has 6 heteroatoms. The molecule has 2 amide bonds. The van der Waals surface area contributed by atoms with Crippen LogP contribution < -0.4 is 5.32 Å². The lowest BCUT2D eigenvalue weighted by molar-refractivity contribution is 0.200. The molecule has 2 aromatic rings. The van der Waals surface area contributed by atoms with Crippen molar-refractivity contribution >= 4 is 6.03 Å². The van der Waals surface area contributed by atoms with Gasteiger partial charge in [0.15, 0.2) is 0 Å². The monoisotopic (exact) mass is 341 g/mol. The second kappa shape index (κ2) is 7.70. The molecule has 2 atom stereocenters. The molecule has 1 aliphatic rings. The van der Waals surface area contributed by atoms with Gasteiger partial charge in [0, 0.05) is 51.5 Å². The molecule has 0 radical (unpaired) electrons. The average Bonchev–Trinajstić information content (AvgIpc) is 3.14. The Kier molecular flexibility index (Phi) is 5.38. The van der Waals surface area contributed by atoms with E-state index in [9.17, 15) is 4.79 Å². The van der Waals surface area contributed by atoms with Gasteiger partial charge in [0.25, 0.3) is 0 Å². The van der Waals surface area contributed by atoms with E-state index in [1.54, 1.807) is 15.8 Å². The van der Waals surface area contributed by atoms with E-state index in [0.717, 1.165) is 25.2 Å². The maximum absolute atomic E-state index is 12.5. The zero-order valence-corrected chi connectivity index (χ0v) is 15.2. The Morgan fingerprint density at radius 3 is 2.72 bits per heavy atom. The van der Waals surface area contributed by atoms with Gasteiger partial charge in [-0.05, 0) is 11.5 Å². The number of urea groups is 1. The summed E-state index contributed by atoms with van der Waals surface area (Å²) in [6, 6.07) is 10.6. The van der Waals surface area contributed by atoms with E-state index in [1.165, 1.54) is 5.56 Å². The summed E-state index contributed by atoms with van der Waals surface area (Å²) in [6.07, 6.45) is 3.73.